The lowest BCUT2D eigenvalue weighted by atomic mass is 10.2. The maximum absolute atomic E-state index is 11.1. The van der Waals surface area contributed by atoms with Crippen LogP contribution in [0.2, 0.25) is 0 Å². The molecular formula is C20H19N3O2S2. The minimum Gasteiger partial charge on any atom is -0.453 e. The van der Waals surface area contributed by atoms with Gasteiger partial charge in [-0.15, -0.1) is 11.3 Å². The molecule has 1 heterocycles. The number of carbonyl (C=O) groups excluding carboxylic acids is 1. The Bertz CT molecular complexity index is 909. The number of benzene rings is 2. The van der Waals surface area contributed by atoms with Gasteiger partial charge in [0.1, 0.15) is 0 Å². The number of nitrogens with one attached hydrogen (secondary N) is 2. The van der Waals surface area contributed by atoms with Gasteiger partial charge in [-0.2, -0.15) is 0 Å². The number of ether oxygens (including phenoxy) is 1. The lowest BCUT2D eigenvalue weighted by molar-refractivity contribution is 0.172. The van der Waals surface area contributed by atoms with Crippen molar-refractivity contribution in [1.82, 2.24) is 5.32 Å². The Hall–Kier alpha value is -2.77. The third kappa shape index (κ3) is 5.12. The number of anilines is 1. The molecule has 0 aliphatic carbocycles. The van der Waals surface area contributed by atoms with E-state index >= 15 is 0 Å². The maximum Gasteiger partial charge on any atom is 0.408 e. The second-order valence-electron chi connectivity index (χ2n) is 5.46. The summed E-state index contributed by atoms with van der Waals surface area (Å²) in [4.78, 5) is 18.6. The zero-order chi connectivity index (χ0) is 19.1. The number of aliphatic imine (C=N–C) groups is 1. The standard InChI is InChI=1S/C20H19N3O2S2/c1-21-18-12-16(9-10-17(18)22-13-23-20(24)25-2)27-15-7-5-14(6-8-15)19-4-3-11-26-19/h3-12,22H,1,13H2,2H3,(H,23,24). The first kappa shape index (κ1) is 19.0. The number of rotatable bonds is 7. The molecule has 1 aromatic heterocycles. The number of thiophene rings is 1. The van der Waals surface area contributed by atoms with Gasteiger partial charge in [0.25, 0.3) is 0 Å². The van der Waals surface area contributed by atoms with Gasteiger partial charge in [0, 0.05) is 14.7 Å². The molecule has 0 aliphatic heterocycles. The van der Waals surface area contributed by atoms with Crippen LogP contribution < -0.4 is 10.6 Å². The molecule has 0 fully saturated rings. The van der Waals surface area contributed by atoms with Crippen LogP contribution in [-0.2, 0) is 4.74 Å². The number of nitrogens with zero attached hydrogens (tertiary/aromatic N) is 1. The van der Waals surface area contributed by atoms with Gasteiger partial charge in [0.15, 0.2) is 0 Å². The molecule has 0 atom stereocenters. The van der Waals surface area contributed by atoms with E-state index in [1.807, 2.05) is 18.2 Å². The molecule has 0 spiro atoms. The smallest absolute Gasteiger partial charge is 0.408 e. The number of carbonyl (C=O) groups is 1. The zero-order valence-electron chi connectivity index (χ0n) is 14.8. The Balaban J connectivity index is 1.66. The first-order valence-corrected chi connectivity index (χ1v) is 9.87. The van der Waals surface area contributed by atoms with Crippen LogP contribution in [0.25, 0.3) is 10.4 Å². The Labute approximate surface area is 166 Å². The molecule has 1 amide bonds. The largest absolute Gasteiger partial charge is 0.453 e. The molecule has 27 heavy (non-hydrogen) atoms. The van der Waals surface area contributed by atoms with Crippen molar-refractivity contribution in [3.63, 3.8) is 0 Å². The van der Waals surface area contributed by atoms with E-state index < -0.39 is 6.09 Å². The zero-order valence-corrected chi connectivity index (χ0v) is 16.4. The molecule has 0 bridgehead atoms. The highest BCUT2D eigenvalue weighted by Gasteiger charge is 2.06. The van der Waals surface area contributed by atoms with Gasteiger partial charge in [0.2, 0.25) is 0 Å². The van der Waals surface area contributed by atoms with Crippen molar-refractivity contribution in [1.29, 1.82) is 0 Å². The van der Waals surface area contributed by atoms with E-state index in [1.54, 1.807) is 23.1 Å². The molecule has 0 saturated heterocycles. The van der Waals surface area contributed by atoms with Gasteiger partial charge < -0.3 is 15.4 Å². The molecule has 0 unspecified atom stereocenters. The molecule has 7 heteroatoms. The summed E-state index contributed by atoms with van der Waals surface area (Å²) in [7, 11) is 1.32. The van der Waals surface area contributed by atoms with E-state index in [0.29, 0.717) is 0 Å². The lowest BCUT2D eigenvalue weighted by Crippen LogP contribution is -2.28. The number of alkyl carbamates (subject to hydrolysis) is 1. The number of methoxy groups -OCH3 is 1. The fraction of sp³-hybridized carbons (Fsp3) is 0.100. The van der Waals surface area contributed by atoms with Gasteiger partial charge in [-0.3, -0.25) is 4.99 Å². The SMILES string of the molecule is C=Nc1cc(Sc2ccc(-c3cccs3)cc2)ccc1NCNC(=O)OC. The third-order valence-electron chi connectivity index (χ3n) is 3.73. The topological polar surface area (TPSA) is 62.7 Å². The molecule has 138 valence electrons. The Morgan fingerprint density at radius 3 is 2.63 bits per heavy atom. The average molecular weight is 398 g/mol. The fourth-order valence-corrected chi connectivity index (χ4v) is 3.99. The molecule has 2 aromatic carbocycles. The molecule has 0 saturated carbocycles. The Morgan fingerprint density at radius 2 is 1.96 bits per heavy atom. The van der Waals surface area contributed by atoms with Crippen molar-refractivity contribution in [2.24, 2.45) is 4.99 Å². The fourth-order valence-electron chi connectivity index (χ4n) is 2.41. The lowest BCUT2D eigenvalue weighted by Gasteiger charge is -2.11. The average Bonchev–Trinajstić information content (AvgIpc) is 3.24. The van der Waals surface area contributed by atoms with Gasteiger partial charge in [-0.05, 0) is 54.1 Å². The van der Waals surface area contributed by atoms with Crippen molar-refractivity contribution in [2.75, 3.05) is 19.1 Å². The summed E-state index contributed by atoms with van der Waals surface area (Å²) >= 11 is 3.40. The van der Waals surface area contributed by atoms with Crippen LogP contribution in [0.1, 0.15) is 0 Å². The van der Waals surface area contributed by atoms with E-state index in [1.165, 1.54) is 17.6 Å². The highest BCUT2D eigenvalue weighted by molar-refractivity contribution is 7.99. The van der Waals surface area contributed by atoms with Crippen LogP contribution in [0.3, 0.4) is 0 Å². The number of hydrogen-bond acceptors (Lipinski definition) is 6. The van der Waals surface area contributed by atoms with Gasteiger partial charge in [0.05, 0.1) is 25.2 Å². The maximum atomic E-state index is 11.1. The summed E-state index contributed by atoms with van der Waals surface area (Å²) in [5, 5.41) is 7.74. The number of hydrogen-bond donors (Lipinski definition) is 2. The van der Waals surface area contributed by atoms with Crippen LogP contribution in [0.5, 0.6) is 0 Å². The van der Waals surface area contributed by atoms with Crippen molar-refractivity contribution < 1.29 is 9.53 Å². The van der Waals surface area contributed by atoms with E-state index in [2.05, 4.69) is 68.9 Å². The summed E-state index contributed by atoms with van der Waals surface area (Å²) in [5.41, 5.74) is 2.74. The van der Waals surface area contributed by atoms with Crippen LogP contribution in [0, 0.1) is 0 Å². The molecule has 0 aliphatic rings. The Morgan fingerprint density at radius 1 is 1.19 bits per heavy atom. The summed E-state index contributed by atoms with van der Waals surface area (Å²) in [6, 6.07) is 18.6. The van der Waals surface area contributed by atoms with Crippen molar-refractivity contribution in [2.45, 2.75) is 9.79 Å². The summed E-state index contributed by atoms with van der Waals surface area (Å²) < 4.78 is 4.53. The van der Waals surface area contributed by atoms with Crippen LogP contribution in [0.4, 0.5) is 16.2 Å². The van der Waals surface area contributed by atoms with E-state index in [4.69, 9.17) is 0 Å². The van der Waals surface area contributed by atoms with Crippen LogP contribution >= 0.6 is 23.1 Å². The van der Waals surface area contributed by atoms with Crippen molar-refractivity contribution in [3.05, 3.63) is 60.0 Å². The van der Waals surface area contributed by atoms with Crippen LogP contribution in [0.15, 0.2) is 74.8 Å². The monoisotopic (exact) mass is 397 g/mol. The summed E-state index contributed by atoms with van der Waals surface area (Å²) in [6.07, 6.45) is -0.492. The van der Waals surface area contributed by atoms with Crippen molar-refractivity contribution >= 4 is 47.3 Å². The van der Waals surface area contributed by atoms with Gasteiger partial charge >= 0.3 is 6.09 Å². The molecular weight excluding hydrogens is 378 g/mol. The van der Waals surface area contributed by atoms with Crippen molar-refractivity contribution in [3.8, 4) is 10.4 Å². The predicted octanol–water partition coefficient (Wildman–Crippen LogP) is 5.62. The molecule has 5 nitrogen and oxygen atoms in total. The quantitative estimate of drug-likeness (QED) is 0.401. The first-order chi connectivity index (χ1) is 13.2. The Kier molecular flexibility index (Phi) is 6.51. The van der Waals surface area contributed by atoms with Gasteiger partial charge in [-0.25, -0.2) is 4.79 Å². The summed E-state index contributed by atoms with van der Waals surface area (Å²) in [5.74, 6) is 0. The highest BCUT2D eigenvalue weighted by Crippen LogP contribution is 2.35. The second-order valence-corrected chi connectivity index (χ2v) is 7.56. The van der Waals surface area contributed by atoms with E-state index in [0.717, 1.165) is 21.2 Å². The molecule has 2 N–H and O–H groups in total. The van der Waals surface area contributed by atoms with Crippen LogP contribution in [-0.4, -0.2) is 26.6 Å². The number of amides is 1. The third-order valence-corrected chi connectivity index (χ3v) is 5.65. The molecule has 0 radical (unpaired) electrons. The highest BCUT2D eigenvalue weighted by atomic mass is 32.2. The first-order valence-electron chi connectivity index (χ1n) is 8.18. The minimum absolute atomic E-state index is 0.242. The van der Waals surface area contributed by atoms with Gasteiger partial charge in [-0.1, -0.05) is 30.0 Å². The van der Waals surface area contributed by atoms with E-state index in [9.17, 15) is 4.79 Å². The van der Waals surface area contributed by atoms with E-state index in [-0.39, 0.29) is 6.67 Å². The normalized spacial score (nSPS) is 10.3. The molecule has 3 rings (SSSR count). The summed E-state index contributed by atoms with van der Waals surface area (Å²) in [6.45, 7) is 3.87. The second kappa shape index (κ2) is 9.25. The molecule has 3 aromatic rings. The minimum atomic E-state index is -0.492. The predicted molar refractivity (Wildman–Crippen MR) is 114 cm³/mol.